The minimum absolute atomic E-state index is 0.0185. The van der Waals surface area contributed by atoms with E-state index >= 15 is 0 Å². The number of nitrogens with zero attached hydrogens (tertiary/aromatic N) is 2. The van der Waals surface area contributed by atoms with Crippen molar-refractivity contribution in [1.82, 2.24) is 4.90 Å². The van der Waals surface area contributed by atoms with E-state index in [4.69, 9.17) is 4.99 Å². The largest absolute Gasteiger partial charge is 0.325 e. The van der Waals surface area contributed by atoms with Crippen molar-refractivity contribution in [3.63, 3.8) is 0 Å². The molecule has 0 unspecified atom stereocenters. The SMILES string of the molecule is Cc1ccc(C2=NC3(CCCCCC3)N(CC(=O)Nc3ccc(C)c(C)c3)C2=O)cc1. The molecule has 2 aliphatic rings. The van der Waals surface area contributed by atoms with Gasteiger partial charge in [-0.05, 0) is 69.7 Å². The summed E-state index contributed by atoms with van der Waals surface area (Å²) in [6.07, 6.45) is 5.96. The topological polar surface area (TPSA) is 61.8 Å². The lowest BCUT2D eigenvalue weighted by atomic mass is 10.00. The molecular weight excluding hydrogens is 386 g/mol. The van der Waals surface area contributed by atoms with Gasteiger partial charge in [0.05, 0.1) is 0 Å². The average Bonchev–Trinajstić information content (AvgIpc) is 2.88. The Labute approximate surface area is 184 Å². The van der Waals surface area contributed by atoms with E-state index in [1.54, 1.807) is 4.90 Å². The van der Waals surface area contributed by atoms with Gasteiger partial charge in [-0.15, -0.1) is 0 Å². The number of aryl methyl sites for hydroxylation is 3. The summed E-state index contributed by atoms with van der Waals surface area (Å²) in [5.41, 5.74) is 4.92. The fraction of sp³-hybridized carbons (Fsp3) is 0.423. The standard InChI is InChI=1S/C26H31N3O2/c1-18-8-11-21(12-9-18)24-25(31)29(26(28-24)14-6-4-5-7-15-26)17-23(30)27-22-13-10-19(2)20(3)16-22/h8-13,16H,4-7,14-15,17H2,1-3H3,(H,27,30). The minimum atomic E-state index is -0.603. The van der Waals surface area contributed by atoms with Crippen LogP contribution in [0.15, 0.2) is 47.5 Å². The van der Waals surface area contributed by atoms with Gasteiger partial charge in [-0.2, -0.15) is 0 Å². The molecule has 1 aliphatic heterocycles. The van der Waals surface area contributed by atoms with E-state index in [0.29, 0.717) is 5.71 Å². The van der Waals surface area contributed by atoms with Gasteiger partial charge in [-0.1, -0.05) is 48.7 Å². The van der Waals surface area contributed by atoms with Crippen molar-refractivity contribution in [1.29, 1.82) is 0 Å². The van der Waals surface area contributed by atoms with Gasteiger partial charge < -0.3 is 10.2 Å². The molecule has 5 nitrogen and oxygen atoms in total. The smallest absolute Gasteiger partial charge is 0.275 e. The van der Waals surface area contributed by atoms with E-state index in [9.17, 15) is 9.59 Å². The normalized spacial score (nSPS) is 18.1. The highest BCUT2D eigenvalue weighted by Gasteiger charge is 2.47. The van der Waals surface area contributed by atoms with Crippen molar-refractivity contribution in [2.24, 2.45) is 4.99 Å². The number of carbonyl (C=O) groups excluding carboxylic acids is 2. The highest BCUT2D eigenvalue weighted by atomic mass is 16.2. The maximum absolute atomic E-state index is 13.5. The number of benzene rings is 2. The molecule has 0 aromatic heterocycles. The first kappa shape index (κ1) is 21.3. The number of nitrogens with one attached hydrogen (secondary N) is 1. The zero-order valence-electron chi connectivity index (χ0n) is 18.7. The first-order valence-electron chi connectivity index (χ1n) is 11.2. The second-order valence-electron chi connectivity index (χ2n) is 8.96. The summed E-state index contributed by atoms with van der Waals surface area (Å²) >= 11 is 0. The maximum atomic E-state index is 13.5. The van der Waals surface area contributed by atoms with E-state index in [0.717, 1.165) is 60.9 Å². The molecule has 4 rings (SSSR count). The van der Waals surface area contributed by atoms with E-state index in [2.05, 4.69) is 5.32 Å². The van der Waals surface area contributed by atoms with Crippen molar-refractivity contribution in [2.45, 2.75) is 65.0 Å². The number of aliphatic imine (C=N–C) groups is 1. The Morgan fingerprint density at radius 2 is 1.65 bits per heavy atom. The summed E-state index contributed by atoms with van der Waals surface area (Å²) < 4.78 is 0. The molecule has 0 saturated heterocycles. The predicted octanol–water partition coefficient (Wildman–Crippen LogP) is 4.93. The second-order valence-corrected chi connectivity index (χ2v) is 8.96. The molecule has 1 heterocycles. The molecule has 1 saturated carbocycles. The van der Waals surface area contributed by atoms with Crippen LogP contribution in [0.1, 0.15) is 60.8 Å². The molecule has 2 aromatic rings. The zero-order chi connectivity index (χ0) is 22.0. The van der Waals surface area contributed by atoms with Crippen LogP contribution in [0.5, 0.6) is 0 Å². The molecule has 1 N–H and O–H groups in total. The third-order valence-electron chi connectivity index (χ3n) is 6.59. The fourth-order valence-corrected chi connectivity index (χ4v) is 4.59. The lowest BCUT2D eigenvalue weighted by Crippen LogP contribution is -2.50. The van der Waals surface area contributed by atoms with Gasteiger partial charge in [0, 0.05) is 11.3 Å². The van der Waals surface area contributed by atoms with Gasteiger partial charge >= 0.3 is 0 Å². The lowest BCUT2D eigenvalue weighted by Gasteiger charge is -2.35. The van der Waals surface area contributed by atoms with Gasteiger partial charge in [-0.25, -0.2) is 0 Å². The Morgan fingerprint density at radius 3 is 2.29 bits per heavy atom. The summed E-state index contributed by atoms with van der Waals surface area (Å²) in [7, 11) is 0. The van der Waals surface area contributed by atoms with E-state index in [1.165, 1.54) is 5.56 Å². The zero-order valence-corrected chi connectivity index (χ0v) is 18.7. The van der Waals surface area contributed by atoms with E-state index in [-0.39, 0.29) is 18.4 Å². The Balaban J connectivity index is 1.60. The van der Waals surface area contributed by atoms with Crippen LogP contribution in [0, 0.1) is 20.8 Å². The third kappa shape index (κ3) is 4.41. The summed E-state index contributed by atoms with van der Waals surface area (Å²) in [5.74, 6) is -0.318. The summed E-state index contributed by atoms with van der Waals surface area (Å²) in [4.78, 5) is 33.2. The average molecular weight is 418 g/mol. The fourth-order valence-electron chi connectivity index (χ4n) is 4.59. The van der Waals surface area contributed by atoms with Crippen LogP contribution in [-0.4, -0.2) is 34.6 Å². The number of hydrogen-bond acceptors (Lipinski definition) is 3. The van der Waals surface area contributed by atoms with Crippen LogP contribution in [0.2, 0.25) is 0 Å². The van der Waals surface area contributed by atoms with E-state index < -0.39 is 5.66 Å². The van der Waals surface area contributed by atoms with Gasteiger partial charge in [0.1, 0.15) is 17.9 Å². The molecule has 1 fully saturated rings. The number of amides is 2. The molecule has 162 valence electrons. The van der Waals surface area contributed by atoms with Crippen LogP contribution >= 0.6 is 0 Å². The lowest BCUT2D eigenvalue weighted by molar-refractivity contribution is -0.133. The van der Waals surface area contributed by atoms with Crippen molar-refractivity contribution in [2.75, 3.05) is 11.9 Å². The van der Waals surface area contributed by atoms with Crippen LogP contribution in [-0.2, 0) is 9.59 Å². The number of hydrogen-bond donors (Lipinski definition) is 1. The number of rotatable bonds is 4. The Morgan fingerprint density at radius 1 is 0.968 bits per heavy atom. The monoisotopic (exact) mass is 417 g/mol. The third-order valence-corrected chi connectivity index (χ3v) is 6.59. The van der Waals surface area contributed by atoms with Crippen molar-refractivity contribution in [3.05, 3.63) is 64.7 Å². The highest BCUT2D eigenvalue weighted by Crippen LogP contribution is 2.38. The molecule has 0 atom stereocenters. The first-order valence-corrected chi connectivity index (χ1v) is 11.2. The van der Waals surface area contributed by atoms with Crippen LogP contribution in [0.4, 0.5) is 5.69 Å². The molecule has 2 aromatic carbocycles. The summed E-state index contributed by atoms with van der Waals surface area (Å²) in [6.45, 7) is 6.11. The van der Waals surface area contributed by atoms with Crippen LogP contribution < -0.4 is 5.32 Å². The quantitative estimate of drug-likeness (QED) is 0.766. The number of anilines is 1. The van der Waals surface area contributed by atoms with Crippen LogP contribution in [0.3, 0.4) is 0 Å². The molecule has 0 bridgehead atoms. The highest BCUT2D eigenvalue weighted by molar-refractivity contribution is 6.47. The van der Waals surface area contributed by atoms with Crippen LogP contribution in [0.25, 0.3) is 0 Å². The Hall–Kier alpha value is -2.95. The second kappa shape index (κ2) is 8.66. The summed E-state index contributed by atoms with van der Waals surface area (Å²) in [6, 6.07) is 13.8. The van der Waals surface area contributed by atoms with Crippen molar-refractivity contribution >= 4 is 23.2 Å². The van der Waals surface area contributed by atoms with Gasteiger partial charge in [0.25, 0.3) is 5.91 Å². The Kier molecular flexibility index (Phi) is 5.94. The van der Waals surface area contributed by atoms with Crippen molar-refractivity contribution in [3.8, 4) is 0 Å². The number of carbonyl (C=O) groups is 2. The maximum Gasteiger partial charge on any atom is 0.275 e. The molecule has 5 heteroatoms. The van der Waals surface area contributed by atoms with E-state index in [1.807, 2.05) is 63.2 Å². The molecule has 31 heavy (non-hydrogen) atoms. The Bertz CT molecular complexity index is 1020. The van der Waals surface area contributed by atoms with Gasteiger partial charge in [-0.3, -0.25) is 14.6 Å². The molecule has 1 spiro atoms. The molecule has 0 radical (unpaired) electrons. The minimum Gasteiger partial charge on any atom is -0.325 e. The summed E-state index contributed by atoms with van der Waals surface area (Å²) in [5, 5.41) is 2.97. The first-order chi connectivity index (χ1) is 14.9. The van der Waals surface area contributed by atoms with Gasteiger partial charge in [0.15, 0.2) is 0 Å². The molecule has 2 amide bonds. The van der Waals surface area contributed by atoms with Crippen molar-refractivity contribution < 1.29 is 9.59 Å². The van der Waals surface area contributed by atoms with Gasteiger partial charge in [0.2, 0.25) is 5.91 Å². The molecular formula is C26H31N3O2. The molecule has 1 aliphatic carbocycles. The predicted molar refractivity (Wildman–Crippen MR) is 124 cm³/mol.